The van der Waals surface area contributed by atoms with Gasteiger partial charge in [-0.3, -0.25) is 4.79 Å². The van der Waals surface area contributed by atoms with E-state index in [-0.39, 0.29) is 10.6 Å². The molecule has 1 amide bonds. The van der Waals surface area contributed by atoms with Crippen LogP contribution in [0.5, 0.6) is 0 Å². The minimum absolute atomic E-state index is 0.00229. The molecule has 0 aliphatic carbocycles. The lowest BCUT2D eigenvalue weighted by atomic mass is 10.0. The summed E-state index contributed by atoms with van der Waals surface area (Å²) in [6, 6.07) is 12.2. The van der Waals surface area contributed by atoms with Crippen molar-refractivity contribution in [2.45, 2.75) is 17.9 Å². The smallest absolute Gasteiger partial charge is 0.265 e. The van der Waals surface area contributed by atoms with Gasteiger partial charge in [0.2, 0.25) is 10.0 Å². The Bertz CT molecular complexity index is 1020. The maximum absolute atomic E-state index is 12.9. The maximum atomic E-state index is 12.9. The van der Waals surface area contributed by atoms with Gasteiger partial charge < -0.3 is 10.3 Å². The monoisotopic (exact) mass is 389 g/mol. The van der Waals surface area contributed by atoms with E-state index >= 15 is 0 Å². The summed E-state index contributed by atoms with van der Waals surface area (Å²) in [4.78, 5) is 12.3. The molecule has 0 radical (unpaired) electrons. The summed E-state index contributed by atoms with van der Waals surface area (Å²) >= 11 is 1.47. The number of aromatic nitrogens is 1. The summed E-state index contributed by atoms with van der Waals surface area (Å²) in [6.07, 6.45) is 1.38. The van der Waals surface area contributed by atoms with Gasteiger partial charge >= 0.3 is 0 Å². The summed E-state index contributed by atoms with van der Waals surface area (Å²) in [5.74, 6) is -0.678. The molecule has 6 nitrogen and oxygen atoms in total. The fourth-order valence-electron chi connectivity index (χ4n) is 2.65. The number of nitrogens with one attached hydrogen (secondary N) is 1. The molecule has 2 aromatic heterocycles. The number of benzene rings is 1. The highest BCUT2D eigenvalue weighted by molar-refractivity contribution is 7.89. The molecule has 26 heavy (non-hydrogen) atoms. The minimum Gasteiger partial charge on any atom is -0.364 e. The van der Waals surface area contributed by atoms with Crippen LogP contribution in [0.3, 0.4) is 0 Å². The van der Waals surface area contributed by atoms with E-state index < -0.39 is 22.0 Å². The zero-order valence-corrected chi connectivity index (χ0v) is 16.0. The molecule has 0 aliphatic rings. The van der Waals surface area contributed by atoms with Crippen molar-refractivity contribution in [1.82, 2.24) is 9.29 Å². The van der Waals surface area contributed by atoms with Gasteiger partial charge in [0.1, 0.15) is 10.6 Å². The molecular weight excluding hydrogens is 370 g/mol. The predicted molar refractivity (Wildman–Crippen MR) is 102 cm³/mol. The fraction of sp³-hybridized carbons (Fsp3) is 0.167. The topological polar surface area (TPSA) is 94.2 Å². The Balaban J connectivity index is 1.99. The normalized spacial score (nSPS) is 12.8. The van der Waals surface area contributed by atoms with Crippen LogP contribution in [-0.4, -0.2) is 18.9 Å². The van der Waals surface area contributed by atoms with Crippen LogP contribution in [0.25, 0.3) is 0 Å². The average molecular weight is 390 g/mol. The summed E-state index contributed by atoms with van der Waals surface area (Å²) in [5, 5.41) is 1.90. The van der Waals surface area contributed by atoms with Crippen LogP contribution in [-0.2, 0) is 17.1 Å². The van der Waals surface area contributed by atoms with E-state index in [2.05, 4.69) is 4.72 Å². The first-order chi connectivity index (χ1) is 12.3. The van der Waals surface area contributed by atoms with Crippen LogP contribution in [0.2, 0.25) is 0 Å². The molecule has 3 N–H and O–H groups in total. The van der Waals surface area contributed by atoms with Crippen LogP contribution in [0, 0.1) is 6.92 Å². The Morgan fingerprint density at radius 3 is 2.46 bits per heavy atom. The van der Waals surface area contributed by atoms with Crippen molar-refractivity contribution in [1.29, 1.82) is 0 Å². The molecule has 2 heterocycles. The number of nitrogens with zero attached hydrogens (tertiary/aromatic N) is 1. The van der Waals surface area contributed by atoms with Crippen molar-refractivity contribution in [3.8, 4) is 0 Å². The maximum Gasteiger partial charge on any atom is 0.265 e. The molecule has 3 rings (SSSR count). The number of rotatable bonds is 6. The number of thiophene rings is 1. The lowest BCUT2D eigenvalue weighted by Gasteiger charge is -2.18. The average Bonchev–Trinajstić information content (AvgIpc) is 3.23. The number of sulfonamides is 1. The van der Waals surface area contributed by atoms with Crippen molar-refractivity contribution in [2.75, 3.05) is 0 Å². The van der Waals surface area contributed by atoms with Gasteiger partial charge in [-0.2, -0.15) is 4.72 Å². The van der Waals surface area contributed by atoms with Gasteiger partial charge in [0, 0.05) is 18.1 Å². The van der Waals surface area contributed by atoms with Crippen molar-refractivity contribution in [2.24, 2.45) is 12.8 Å². The highest BCUT2D eigenvalue weighted by Gasteiger charge is 2.25. The van der Waals surface area contributed by atoms with Crippen LogP contribution in [0.15, 0.2) is 58.9 Å². The molecule has 0 saturated heterocycles. The van der Waals surface area contributed by atoms with E-state index in [1.807, 2.05) is 48.7 Å². The number of nitrogens with two attached hydrogens (primary N) is 1. The molecular formula is C18H19N3O3S2. The highest BCUT2D eigenvalue weighted by Crippen LogP contribution is 2.28. The number of aryl methyl sites for hydroxylation is 2. The second-order valence-corrected chi connectivity index (χ2v) is 8.71. The number of carbonyl (C=O) groups is 1. The Labute approximate surface area is 156 Å². The third-order valence-corrected chi connectivity index (χ3v) is 6.38. The first-order valence-corrected chi connectivity index (χ1v) is 10.2. The lowest BCUT2D eigenvalue weighted by Crippen LogP contribution is -2.28. The zero-order valence-electron chi connectivity index (χ0n) is 14.3. The van der Waals surface area contributed by atoms with Crippen molar-refractivity contribution in [3.05, 3.63) is 75.7 Å². The second kappa shape index (κ2) is 7.06. The molecule has 3 aromatic rings. The molecule has 0 bridgehead atoms. The zero-order chi connectivity index (χ0) is 18.9. The molecule has 0 fully saturated rings. The Kier molecular flexibility index (Phi) is 4.99. The van der Waals surface area contributed by atoms with E-state index in [0.29, 0.717) is 0 Å². The number of amides is 1. The lowest BCUT2D eigenvalue weighted by molar-refractivity contribution is 0.0992. The molecule has 0 saturated carbocycles. The summed E-state index contributed by atoms with van der Waals surface area (Å²) < 4.78 is 29.9. The van der Waals surface area contributed by atoms with Crippen molar-refractivity contribution < 1.29 is 13.2 Å². The molecule has 0 unspecified atom stereocenters. The van der Waals surface area contributed by atoms with Crippen LogP contribution in [0.1, 0.15) is 32.5 Å². The quantitative estimate of drug-likeness (QED) is 0.678. The minimum atomic E-state index is -3.85. The molecule has 1 atom stereocenters. The molecule has 8 heteroatoms. The standard InChI is InChI=1S/C18H19N3O3S2/c1-12-5-7-13(8-6-12)17(16-4-3-9-25-16)20-26(23,24)14-10-15(18(19)22)21(2)11-14/h3-11,17,20H,1-2H3,(H2,19,22)/t17-/m1/s1. The Morgan fingerprint density at radius 1 is 1.23 bits per heavy atom. The highest BCUT2D eigenvalue weighted by atomic mass is 32.2. The number of carbonyl (C=O) groups excluding carboxylic acids is 1. The van der Waals surface area contributed by atoms with Gasteiger partial charge in [0.15, 0.2) is 0 Å². The van der Waals surface area contributed by atoms with Gasteiger partial charge in [-0.1, -0.05) is 35.9 Å². The van der Waals surface area contributed by atoms with E-state index in [4.69, 9.17) is 5.73 Å². The van der Waals surface area contributed by atoms with Gasteiger partial charge in [0.05, 0.1) is 6.04 Å². The van der Waals surface area contributed by atoms with Gasteiger partial charge in [-0.05, 0) is 30.0 Å². The van der Waals surface area contributed by atoms with Gasteiger partial charge in [-0.15, -0.1) is 11.3 Å². The van der Waals surface area contributed by atoms with Crippen molar-refractivity contribution in [3.63, 3.8) is 0 Å². The third-order valence-electron chi connectivity index (χ3n) is 4.05. The number of hydrogen-bond donors (Lipinski definition) is 2. The third kappa shape index (κ3) is 3.72. The van der Waals surface area contributed by atoms with E-state index in [1.54, 1.807) is 7.05 Å². The van der Waals surface area contributed by atoms with Crippen molar-refractivity contribution >= 4 is 27.3 Å². The molecule has 0 aliphatic heterocycles. The summed E-state index contributed by atoms with van der Waals surface area (Å²) in [6.45, 7) is 1.98. The first-order valence-electron chi connectivity index (χ1n) is 7.86. The predicted octanol–water partition coefficient (Wildman–Crippen LogP) is 2.56. The SMILES string of the molecule is Cc1ccc([C@@H](NS(=O)(=O)c2cc(C(N)=O)n(C)c2)c2cccs2)cc1. The second-order valence-electron chi connectivity index (χ2n) is 6.02. The van der Waals surface area contributed by atoms with Gasteiger partial charge in [-0.25, -0.2) is 8.42 Å². The summed E-state index contributed by atoms with van der Waals surface area (Å²) in [5.41, 5.74) is 7.35. The fourth-order valence-corrected chi connectivity index (χ4v) is 4.80. The number of primary amides is 1. The molecule has 136 valence electrons. The Morgan fingerprint density at radius 2 is 1.92 bits per heavy atom. The largest absolute Gasteiger partial charge is 0.364 e. The van der Waals surface area contributed by atoms with Crippen LogP contribution >= 0.6 is 11.3 Å². The molecule has 0 spiro atoms. The van der Waals surface area contributed by atoms with Crippen LogP contribution < -0.4 is 10.5 Å². The van der Waals surface area contributed by atoms with E-state index in [9.17, 15) is 13.2 Å². The van der Waals surface area contributed by atoms with Gasteiger partial charge in [0.25, 0.3) is 5.91 Å². The number of hydrogen-bond acceptors (Lipinski definition) is 4. The van der Waals surface area contributed by atoms with E-state index in [1.165, 1.54) is 28.2 Å². The Hall–Kier alpha value is -2.42. The van der Waals surface area contributed by atoms with E-state index in [0.717, 1.165) is 16.0 Å². The first kappa shape index (κ1) is 18.4. The summed E-state index contributed by atoms with van der Waals surface area (Å²) in [7, 11) is -2.27. The van der Waals surface area contributed by atoms with Crippen LogP contribution in [0.4, 0.5) is 0 Å². The molecule has 1 aromatic carbocycles.